The van der Waals surface area contributed by atoms with Gasteiger partial charge in [0.2, 0.25) is 0 Å². The van der Waals surface area contributed by atoms with Crippen molar-refractivity contribution in [1.82, 2.24) is 0 Å². The summed E-state index contributed by atoms with van der Waals surface area (Å²) in [6.07, 6.45) is 4.59. The van der Waals surface area contributed by atoms with Crippen molar-refractivity contribution in [2.24, 2.45) is 34.4 Å². The molecule has 0 aromatic carbocycles. The maximum atomic E-state index is 12.2. The summed E-state index contributed by atoms with van der Waals surface area (Å²) in [6, 6.07) is 0. The third-order valence-corrected chi connectivity index (χ3v) is 4.75. The van der Waals surface area contributed by atoms with Gasteiger partial charge in [-0.3, -0.25) is 10.5 Å². The number of esters is 1. The maximum absolute atomic E-state index is 12.2. The van der Waals surface area contributed by atoms with Crippen molar-refractivity contribution in [3.05, 3.63) is 29.7 Å². The van der Waals surface area contributed by atoms with Crippen LogP contribution in [0.4, 0.5) is 0 Å². The molecule has 1 fully saturated rings. The molecular weight excluding hydrogens is 310 g/mol. The predicted octanol–water partition coefficient (Wildman–Crippen LogP) is 1.66. The smallest absolute Gasteiger partial charge is 0.331 e. The number of hydrogen-bond acceptors (Lipinski definition) is 7. The summed E-state index contributed by atoms with van der Waals surface area (Å²) >= 11 is 0. The van der Waals surface area contributed by atoms with E-state index < -0.39 is 29.1 Å². The Hall–Kier alpha value is -1.86. The molecule has 7 heteroatoms. The number of carbonyl (C=O) groups excluding carboxylic acids is 2. The van der Waals surface area contributed by atoms with Gasteiger partial charge in [-0.2, -0.15) is 4.91 Å². The van der Waals surface area contributed by atoms with E-state index in [0.717, 1.165) is 6.08 Å². The fourth-order valence-electron chi connectivity index (χ4n) is 3.72. The van der Waals surface area contributed by atoms with Gasteiger partial charge in [0.25, 0.3) is 0 Å². The highest BCUT2D eigenvalue weighted by atomic mass is 16.6. The van der Waals surface area contributed by atoms with Gasteiger partial charge in [-0.15, -0.1) is 0 Å². The summed E-state index contributed by atoms with van der Waals surface area (Å²) in [7, 11) is 0. The second-order valence-electron chi connectivity index (χ2n) is 6.28. The van der Waals surface area contributed by atoms with E-state index in [4.69, 9.17) is 16.2 Å². The molecular formula is C17H27N3O4. The Balaban J connectivity index is 0.00000139. The van der Waals surface area contributed by atoms with Crippen LogP contribution in [0.25, 0.3) is 0 Å². The second kappa shape index (κ2) is 7.81. The minimum absolute atomic E-state index is 0.103. The van der Waals surface area contributed by atoms with Crippen LogP contribution in [0.5, 0.6) is 0 Å². The lowest BCUT2D eigenvalue weighted by Crippen LogP contribution is -2.52. The predicted molar refractivity (Wildman–Crippen MR) is 91.7 cm³/mol. The minimum atomic E-state index is -1.30. The number of allylic oxidation sites excluding steroid dienone is 1. The topological polar surface area (TPSA) is 125 Å². The second-order valence-corrected chi connectivity index (χ2v) is 6.28. The molecule has 2 aliphatic rings. The van der Waals surface area contributed by atoms with E-state index in [-0.39, 0.29) is 31.1 Å². The van der Waals surface area contributed by atoms with Gasteiger partial charge < -0.3 is 10.5 Å². The van der Waals surface area contributed by atoms with Crippen LogP contribution in [0.1, 0.15) is 33.6 Å². The largest absolute Gasteiger partial charge is 0.441 e. The molecule has 2 aliphatic carbocycles. The number of hydrogen-bond donors (Lipinski definition) is 2. The van der Waals surface area contributed by atoms with Gasteiger partial charge in [-0.05, 0) is 17.9 Å². The highest BCUT2D eigenvalue weighted by molar-refractivity contribution is 5.96. The molecule has 134 valence electrons. The molecule has 0 bridgehead atoms. The van der Waals surface area contributed by atoms with E-state index in [0.29, 0.717) is 0 Å². The Bertz CT molecular complexity index is 548. The average molecular weight is 337 g/mol. The average Bonchev–Trinajstić information content (AvgIpc) is 2.81. The Labute approximate surface area is 142 Å². The Morgan fingerprint density at radius 2 is 2.08 bits per heavy atom. The third kappa shape index (κ3) is 3.79. The number of fused-ring (bicyclic) bond motifs is 1. The van der Waals surface area contributed by atoms with Crippen LogP contribution in [0.15, 0.2) is 30.0 Å². The maximum Gasteiger partial charge on any atom is 0.331 e. The Kier molecular flexibility index (Phi) is 6.57. The summed E-state index contributed by atoms with van der Waals surface area (Å²) in [5, 5.41) is 2.92. The van der Waals surface area contributed by atoms with Crippen molar-refractivity contribution >= 4 is 11.8 Å². The summed E-state index contributed by atoms with van der Waals surface area (Å²) < 4.78 is 5.29. The van der Waals surface area contributed by atoms with Gasteiger partial charge in [0.05, 0.1) is 6.54 Å². The lowest BCUT2D eigenvalue weighted by atomic mass is 9.72. The highest BCUT2D eigenvalue weighted by Crippen LogP contribution is 2.46. The molecule has 2 unspecified atom stereocenters. The lowest BCUT2D eigenvalue weighted by Gasteiger charge is -2.36. The van der Waals surface area contributed by atoms with Crippen molar-refractivity contribution in [2.45, 2.75) is 44.9 Å². The van der Waals surface area contributed by atoms with E-state index in [1.54, 1.807) is 6.08 Å². The lowest BCUT2D eigenvalue weighted by molar-refractivity contribution is -0.156. The molecule has 5 atom stereocenters. The first-order valence-electron chi connectivity index (χ1n) is 8.21. The zero-order valence-electron chi connectivity index (χ0n) is 14.5. The van der Waals surface area contributed by atoms with Crippen LogP contribution >= 0.6 is 0 Å². The van der Waals surface area contributed by atoms with Crippen LogP contribution in [0, 0.1) is 22.7 Å². The molecule has 0 radical (unpaired) electrons. The molecule has 0 spiro atoms. The Morgan fingerprint density at radius 3 is 2.62 bits per heavy atom. The number of nitrogens with two attached hydrogens (primary N) is 2. The third-order valence-electron chi connectivity index (χ3n) is 4.75. The van der Waals surface area contributed by atoms with Gasteiger partial charge in [0, 0.05) is 30.4 Å². The van der Waals surface area contributed by atoms with E-state index in [2.05, 4.69) is 11.8 Å². The number of ketones is 1. The highest BCUT2D eigenvalue weighted by Gasteiger charge is 2.55. The molecule has 24 heavy (non-hydrogen) atoms. The number of rotatable bonds is 4. The van der Waals surface area contributed by atoms with Crippen LogP contribution in [-0.2, 0) is 14.3 Å². The molecule has 0 amide bonds. The quantitative estimate of drug-likeness (QED) is 0.348. The standard InChI is InChI=1S/C15H21N3O4.C2H6/c1-3-12(20)22-14(16)6-9(2)15(17)5-4-11(19)13(15)10(7-14)8-18-21;1-2/h3-5,9-10,13H,1,6-8,16-17H2,2H3;1-2H3/t9?,10-,13?,14-,15-;/m1./s1. The number of ether oxygens (including phenoxy) is 1. The normalized spacial score (nSPS) is 37.5. The van der Waals surface area contributed by atoms with Gasteiger partial charge in [-0.1, -0.05) is 38.6 Å². The number of nitrogens with zero attached hydrogens (tertiary/aromatic N) is 1. The van der Waals surface area contributed by atoms with Crippen molar-refractivity contribution in [3.63, 3.8) is 0 Å². The van der Waals surface area contributed by atoms with Crippen molar-refractivity contribution in [2.75, 3.05) is 6.54 Å². The first-order chi connectivity index (χ1) is 11.3. The summed E-state index contributed by atoms with van der Waals surface area (Å²) in [6.45, 7) is 9.10. The van der Waals surface area contributed by atoms with Crippen LogP contribution in [0.2, 0.25) is 0 Å². The van der Waals surface area contributed by atoms with Crippen LogP contribution < -0.4 is 11.5 Å². The van der Waals surface area contributed by atoms with E-state index in [9.17, 15) is 14.5 Å². The SMILES string of the molecule is C=CC(=O)O[C@]1(N)CC(C)[C@]2(N)C=CC(=O)C2[C@@H](CN=O)C1.CC. The minimum Gasteiger partial charge on any atom is -0.441 e. The molecule has 4 N–H and O–H groups in total. The monoisotopic (exact) mass is 337 g/mol. The molecule has 0 aromatic heterocycles. The van der Waals surface area contributed by atoms with Crippen molar-refractivity contribution in [1.29, 1.82) is 0 Å². The summed E-state index contributed by atoms with van der Waals surface area (Å²) in [5.74, 6) is -2.04. The zero-order chi connectivity index (χ0) is 18.5. The molecule has 2 rings (SSSR count). The Morgan fingerprint density at radius 1 is 1.46 bits per heavy atom. The van der Waals surface area contributed by atoms with E-state index in [1.807, 2.05) is 20.8 Å². The first-order valence-corrected chi connectivity index (χ1v) is 8.21. The molecule has 0 aromatic rings. The first kappa shape index (κ1) is 20.2. The number of carbonyl (C=O) groups is 2. The van der Waals surface area contributed by atoms with Gasteiger partial charge >= 0.3 is 5.97 Å². The van der Waals surface area contributed by atoms with Gasteiger partial charge in [-0.25, -0.2) is 4.79 Å². The zero-order valence-corrected chi connectivity index (χ0v) is 14.5. The molecule has 7 nitrogen and oxygen atoms in total. The van der Waals surface area contributed by atoms with Crippen LogP contribution in [-0.4, -0.2) is 29.6 Å². The summed E-state index contributed by atoms with van der Waals surface area (Å²) in [5.41, 5.74) is 10.5. The van der Waals surface area contributed by atoms with Gasteiger partial charge in [0.15, 0.2) is 11.5 Å². The van der Waals surface area contributed by atoms with E-state index >= 15 is 0 Å². The fourth-order valence-corrected chi connectivity index (χ4v) is 3.72. The van der Waals surface area contributed by atoms with Crippen LogP contribution in [0.3, 0.4) is 0 Å². The van der Waals surface area contributed by atoms with Crippen molar-refractivity contribution < 1.29 is 14.3 Å². The summed E-state index contributed by atoms with van der Waals surface area (Å²) in [4.78, 5) is 34.5. The van der Waals surface area contributed by atoms with E-state index in [1.165, 1.54) is 6.08 Å². The molecule has 0 aliphatic heterocycles. The fraction of sp³-hybridized carbons (Fsp3) is 0.647. The number of nitroso groups, excluding NO2 is 1. The molecule has 1 saturated carbocycles. The van der Waals surface area contributed by atoms with Crippen molar-refractivity contribution in [3.8, 4) is 0 Å². The van der Waals surface area contributed by atoms with Gasteiger partial charge in [0.1, 0.15) is 0 Å². The molecule has 0 heterocycles. The molecule has 0 saturated heterocycles.